The molecule has 0 fully saturated rings. The Morgan fingerprint density at radius 1 is 0.800 bits per heavy atom. The highest BCUT2D eigenvalue weighted by Gasteiger charge is 1.87. The Hall–Kier alpha value is 0. The van der Waals surface area contributed by atoms with Crippen LogP contribution in [0.15, 0.2) is 0 Å². The first-order valence-corrected chi connectivity index (χ1v) is 4.62. The molecule has 0 rings (SSSR count). The number of unbranched alkanes of at least 4 members (excludes halogenated alkanes) is 7. The van der Waals surface area contributed by atoms with Crippen molar-refractivity contribution in [2.45, 2.75) is 58.3 Å². The summed E-state index contributed by atoms with van der Waals surface area (Å²) in [4.78, 5) is 0. The fourth-order valence-electron chi connectivity index (χ4n) is 1.10. The molecule has 0 aliphatic heterocycles. The molecule has 60 valence electrons. The third-order valence-corrected chi connectivity index (χ3v) is 1.81. The molecule has 0 aliphatic carbocycles. The molecule has 0 saturated carbocycles. The minimum Gasteiger partial charge on any atom is -0.0654 e. The average molecular weight is 140 g/mol. The summed E-state index contributed by atoms with van der Waals surface area (Å²) < 4.78 is 0. The van der Waals surface area contributed by atoms with Gasteiger partial charge in [-0.1, -0.05) is 51.9 Å². The number of hydrogen-bond donors (Lipinski definition) is 0. The van der Waals surface area contributed by atoms with Crippen LogP contribution in [0.1, 0.15) is 58.3 Å². The van der Waals surface area contributed by atoms with Gasteiger partial charge in [-0.2, -0.15) is 0 Å². The Morgan fingerprint density at radius 2 is 1.30 bits per heavy atom. The van der Waals surface area contributed by atoms with Gasteiger partial charge in [0.15, 0.2) is 0 Å². The van der Waals surface area contributed by atoms with Gasteiger partial charge in [0.05, 0.1) is 0 Å². The van der Waals surface area contributed by atoms with Crippen molar-refractivity contribution < 1.29 is 0 Å². The van der Waals surface area contributed by atoms with Crippen molar-refractivity contribution in [2.75, 3.05) is 0 Å². The van der Waals surface area contributed by atoms with Crippen molar-refractivity contribution in [3.8, 4) is 0 Å². The average Bonchev–Trinajstić information content (AvgIpc) is 1.97. The lowest BCUT2D eigenvalue weighted by Gasteiger charge is -1.97. The van der Waals surface area contributed by atoms with E-state index in [9.17, 15) is 0 Å². The smallest absolute Gasteiger partial charge is 0.0352 e. The van der Waals surface area contributed by atoms with Crippen LogP contribution in [0.5, 0.6) is 0 Å². The second-order valence-electron chi connectivity index (χ2n) is 2.91. The zero-order chi connectivity index (χ0) is 7.66. The second kappa shape index (κ2) is 9.00. The molecule has 0 aliphatic rings. The third kappa shape index (κ3) is 8.00. The SMILES string of the molecule is [CH]CCCCCCCCC. The van der Waals surface area contributed by atoms with Crippen LogP contribution < -0.4 is 0 Å². The second-order valence-corrected chi connectivity index (χ2v) is 2.91. The zero-order valence-corrected chi connectivity index (χ0v) is 7.23. The molecule has 0 heterocycles. The van der Waals surface area contributed by atoms with Crippen LogP contribution in [0.2, 0.25) is 0 Å². The van der Waals surface area contributed by atoms with Crippen molar-refractivity contribution >= 4 is 0 Å². The Morgan fingerprint density at radius 3 is 1.80 bits per heavy atom. The van der Waals surface area contributed by atoms with E-state index in [1.807, 2.05) is 0 Å². The molecule has 0 spiro atoms. The van der Waals surface area contributed by atoms with E-state index in [1.165, 1.54) is 44.9 Å². The highest BCUT2D eigenvalue weighted by Crippen LogP contribution is 2.07. The molecule has 0 aromatic rings. The van der Waals surface area contributed by atoms with Gasteiger partial charge in [-0.05, 0) is 13.3 Å². The lowest BCUT2D eigenvalue weighted by Crippen LogP contribution is -1.77. The molecule has 0 heteroatoms. The molecule has 10 heavy (non-hydrogen) atoms. The maximum absolute atomic E-state index is 5.37. The summed E-state index contributed by atoms with van der Waals surface area (Å²) in [6.45, 7) is 7.62. The molecule has 0 aromatic carbocycles. The van der Waals surface area contributed by atoms with Gasteiger partial charge in [0.2, 0.25) is 0 Å². The Labute approximate surface area is 66.0 Å². The summed E-state index contributed by atoms with van der Waals surface area (Å²) in [5, 5.41) is 0. The Balaban J connectivity index is 2.65. The molecule has 2 radical (unpaired) electrons. The van der Waals surface area contributed by atoms with Crippen LogP contribution in [0.25, 0.3) is 0 Å². The van der Waals surface area contributed by atoms with Crippen LogP contribution in [-0.2, 0) is 0 Å². The maximum atomic E-state index is 5.37. The van der Waals surface area contributed by atoms with Gasteiger partial charge in [0.25, 0.3) is 0 Å². The first kappa shape index (κ1) is 10.0. The molecule has 0 atom stereocenters. The van der Waals surface area contributed by atoms with Crippen molar-refractivity contribution in [1.82, 2.24) is 0 Å². The van der Waals surface area contributed by atoms with Gasteiger partial charge >= 0.3 is 0 Å². The summed E-state index contributed by atoms with van der Waals surface area (Å²) in [6.07, 6.45) is 10.4. The molecule has 0 aromatic heterocycles. The van der Waals surface area contributed by atoms with Gasteiger partial charge in [0, 0.05) is 0 Å². The molecule has 0 amide bonds. The molecule has 0 saturated heterocycles. The van der Waals surface area contributed by atoms with Gasteiger partial charge in [-0.25, -0.2) is 0 Å². The summed E-state index contributed by atoms with van der Waals surface area (Å²) in [5.74, 6) is 0. The number of rotatable bonds is 7. The summed E-state index contributed by atoms with van der Waals surface area (Å²) >= 11 is 0. The van der Waals surface area contributed by atoms with E-state index in [4.69, 9.17) is 6.92 Å². The molecule has 0 nitrogen and oxygen atoms in total. The zero-order valence-electron chi connectivity index (χ0n) is 7.23. The quantitative estimate of drug-likeness (QED) is 0.471. The van der Waals surface area contributed by atoms with Crippen LogP contribution >= 0.6 is 0 Å². The summed E-state index contributed by atoms with van der Waals surface area (Å²) in [5.41, 5.74) is 0. The minimum absolute atomic E-state index is 0.869. The van der Waals surface area contributed by atoms with Crippen LogP contribution in [0.4, 0.5) is 0 Å². The fourth-order valence-corrected chi connectivity index (χ4v) is 1.10. The highest BCUT2D eigenvalue weighted by molar-refractivity contribution is 4.45. The van der Waals surface area contributed by atoms with E-state index >= 15 is 0 Å². The van der Waals surface area contributed by atoms with Gasteiger partial charge < -0.3 is 0 Å². The summed E-state index contributed by atoms with van der Waals surface area (Å²) in [6, 6.07) is 0. The van der Waals surface area contributed by atoms with E-state index in [-0.39, 0.29) is 0 Å². The van der Waals surface area contributed by atoms with Crippen molar-refractivity contribution in [1.29, 1.82) is 0 Å². The normalized spacial score (nSPS) is 10.2. The van der Waals surface area contributed by atoms with E-state index in [0.29, 0.717) is 0 Å². The topological polar surface area (TPSA) is 0 Å². The minimum atomic E-state index is 0.869. The highest BCUT2D eigenvalue weighted by atomic mass is 13.9. The van der Waals surface area contributed by atoms with Gasteiger partial charge in [-0.15, -0.1) is 0 Å². The van der Waals surface area contributed by atoms with E-state index in [2.05, 4.69) is 6.92 Å². The largest absolute Gasteiger partial charge is 0.0654 e. The third-order valence-electron chi connectivity index (χ3n) is 1.81. The lowest BCUT2D eigenvalue weighted by molar-refractivity contribution is 0.592. The Bertz CT molecular complexity index is 40.0. The number of hydrogen-bond acceptors (Lipinski definition) is 0. The molecule has 0 N–H and O–H groups in total. The predicted octanol–water partition coefficient (Wildman–Crippen LogP) is 3.84. The summed E-state index contributed by atoms with van der Waals surface area (Å²) in [7, 11) is 0. The Kier molecular flexibility index (Phi) is 9.00. The first-order chi connectivity index (χ1) is 4.91. The van der Waals surface area contributed by atoms with Crippen molar-refractivity contribution in [2.24, 2.45) is 0 Å². The fraction of sp³-hybridized carbons (Fsp3) is 0.900. The first-order valence-electron chi connectivity index (χ1n) is 4.62. The molecule has 0 bridgehead atoms. The van der Waals surface area contributed by atoms with E-state index in [1.54, 1.807) is 0 Å². The monoisotopic (exact) mass is 140 g/mol. The molecular formula is C10H20. The predicted molar refractivity (Wildman–Crippen MR) is 46.9 cm³/mol. The van der Waals surface area contributed by atoms with Crippen molar-refractivity contribution in [3.05, 3.63) is 6.92 Å². The standard InChI is InChI=1S/C10H20/c1-3-5-7-9-10-8-6-4-2/h1H,3-10H2,2H3. The van der Waals surface area contributed by atoms with E-state index < -0.39 is 0 Å². The molecule has 0 unspecified atom stereocenters. The van der Waals surface area contributed by atoms with Crippen LogP contribution in [-0.4, -0.2) is 0 Å². The van der Waals surface area contributed by atoms with Crippen LogP contribution in [0.3, 0.4) is 0 Å². The van der Waals surface area contributed by atoms with E-state index in [0.717, 1.165) is 6.42 Å². The van der Waals surface area contributed by atoms with Crippen LogP contribution in [0, 0.1) is 6.92 Å². The van der Waals surface area contributed by atoms with Crippen molar-refractivity contribution in [3.63, 3.8) is 0 Å². The maximum Gasteiger partial charge on any atom is -0.0352 e. The molecular weight excluding hydrogens is 120 g/mol. The van der Waals surface area contributed by atoms with Gasteiger partial charge in [0.1, 0.15) is 0 Å². The van der Waals surface area contributed by atoms with Gasteiger partial charge in [-0.3, -0.25) is 0 Å². The lowest BCUT2D eigenvalue weighted by atomic mass is 10.1.